The Morgan fingerprint density at radius 1 is 1.45 bits per heavy atom. The molecule has 0 aliphatic rings. The van der Waals surface area contributed by atoms with Crippen molar-refractivity contribution in [2.45, 2.75) is 6.92 Å². The highest BCUT2D eigenvalue weighted by atomic mass is 19.1. The van der Waals surface area contributed by atoms with E-state index in [4.69, 9.17) is 0 Å². The number of imidazole rings is 1. The van der Waals surface area contributed by atoms with Crippen LogP contribution in [0, 0.1) is 12.9 Å². The van der Waals surface area contributed by atoms with Crippen LogP contribution in [0.15, 0.2) is 18.7 Å². The van der Waals surface area contributed by atoms with Crippen molar-refractivity contribution in [3.63, 3.8) is 0 Å². The molecular weight excluding hydrogens is 145 g/mol. The van der Waals surface area contributed by atoms with Gasteiger partial charge in [0.05, 0.1) is 23.6 Å². The molecule has 2 heterocycles. The zero-order valence-corrected chi connectivity index (χ0v) is 5.95. The van der Waals surface area contributed by atoms with E-state index in [0.717, 1.165) is 5.69 Å². The van der Waals surface area contributed by atoms with E-state index >= 15 is 0 Å². The average Bonchev–Trinajstić information content (AvgIpc) is 2.45. The molecule has 0 aliphatic carbocycles. The van der Waals surface area contributed by atoms with Gasteiger partial charge in [0.25, 0.3) is 0 Å². The van der Waals surface area contributed by atoms with E-state index in [2.05, 4.69) is 9.97 Å². The van der Waals surface area contributed by atoms with Gasteiger partial charge in [-0.05, 0) is 6.92 Å². The highest BCUT2D eigenvalue weighted by Gasteiger charge is 2.01. The van der Waals surface area contributed by atoms with Crippen molar-refractivity contribution in [1.82, 2.24) is 14.4 Å². The minimum atomic E-state index is -0.386. The lowest BCUT2D eigenvalue weighted by Gasteiger charge is -1.96. The standard InChI is InChI=1S/C7H6FN3/c1-5-6-2-9-4-11(6)7(8)3-10-5/h2-4H,1H3. The summed E-state index contributed by atoms with van der Waals surface area (Å²) in [5.41, 5.74) is 1.49. The van der Waals surface area contributed by atoms with E-state index in [9.17, 15) is 4.39 Å². The summed E-state index contributed by atoms with van der Waals surface area (Å²) in [4.78, 5) is 7.65. The Bertz CT molecular complexity index is 357. The average molecular weight is 151 g/mol. The molecule has 11 heavy (non-hydrogen) atoms. The molecule has 0 aromatic carbocycles. The fourth-order valence-electron chi connectivity index (χ4n) is 1.01. The second-order valence-electron chi connectivity index (χ2n) is 2.32. The third kappa shape index (κ3) is 0.790. The summed E-state index contributed by atoms with van der Waals surface area (Å²) in [5.74, 6) is -0.386. The molecule has 4 heteroatoms. The maximum Gasteiger partial charge on any atom is 0.217 e. The fraction of sp³-hybridized carbons (Fsp3) is 0.143. The molecule has 0 atom stereocenters. The lowest BCUT2D eigenvalue weighted by Crippen LogP contribution is -1.94. The Morgan fingerprint density at radius 2 is 2.27 bits per heavy atom. The third-order valence-corrected chi connectivity index (χ3v) is 1.60. The molecule has 0 unspecified atom stereocenters. The quantitative estimate of drug-likeness (QED) is 0.565. The topological polar surface area (TPSA) is 30.2 Å². The van der Waals surface area contributed by atoms with Crippen LogP contribution in [-0.4, -0.2) is 14.4 Å². The number of halogens is 1. The maximum absolute atomic E-state index is 12.9. The Hall–Kier alpha value is -1.45. The molecular formula is C7H6FN3. The van der Waals surface area contributed by atoms with E-state index < -0.39 is 0 Å². The molecule has 0 radical (unpaired) electrons. The first-order valence-electron chi connectivity index (χ1n) is 3.22. The zero-order chi connectivity index (χ0) is 7.84. The lowest BCUT2D eigenvalue weighted by molar-refractivity contribution is 0.559. The molecule has 0 aliphatic heterocycles. The molecule has 2 aromatic rings. The number of aryl methyl sites for hydroxylation is 1. The van der Waals surface area contributed by atoms with Gasteiger partial charge in [0.15, 0.2) is 0 Å². The first-order chi connectivity index (χ1) is 5.29. The number of rotatable bonds is 0. The second kappa shape index (κ2) is 2.02. The number of nitrogens with zero attached hydrogens (tertiary/aromatic N) is 3. The van der Waals surface area contributed by atoms with Crippen LogP contribution in [0.3, 0.4) is 0 Å². The summed E-state index contributed by atoms with van der Waals surface area (Å²) in [6.07, 6.45) is 4.20. The van der Waals surface area contributed by atoms with Gasteiger partial charge in [-0.15, -0.1) is 0 Å². The van der Waals surface area contributed by atoms with Crippen molar-refractivity contribution in [3.8, 4) is 0 Å². The monoisotopic (exact) mass is 151 g/mol. The Morgan fingerprint density at radius 3 is 3.00 bits per heavy atom. The van der Waals surface area contributed by atoms with Crippen LogP contribution in [0.1, 0.15) is 5.69 Å². The van der Waals surface area contributed by atoms with Gasteiger partial charge in [0.1, 0.15) is 6.33 Å². The highest BCUT2D eigenvalue weighted by Crippen LogP contribution is 2.07. The summed E-state index contributed by atoms with van der Waals surface area (Å²) in [6, 6.07) is 0. The van der Waals surface area contributed by atoms with E-state index in [-0.39, 0.29) is 5.95 Å². The van der Waals surface area contributed by atoms with Crippen molar-refractivity contribution >= 4 is 5.52 Å². The number of hydrogen-bond acceptors (Lipinski definition) is 2. The Labute approximate surface area is 62.5 Å². The van der Waals surface area contributed by atoms with Gasteiger partial charge in [0.2, 0.25) is 5.95 Å². The van der Waals surface area contributed by atoms with Gasteiger partial charge in [-0.1, -0.05) is 0 Å². The fourth-order valence-corrected chi connectivity index (χ4v) is 1.01. The molecule has 0 bridgehead atoms. The van der Waals surface area contributed by atoms with E-state index in [1.807, 2.05) is 6.92 Å². The third-order valence-electron chi connectivity index (χ3n) is 1.60. The minimum Gasteiger partial charge on any atom is -0.272 e. The van der Waals surface area contributed by atoms with Crippen LogP contribution in [0.2, 0.25) is 0 Å². The molecule has 56 valence electrons. The van der Waals surface area contributed by atoms with E-state index in [1.165, 1.54) is 16.9 Å². The molecule has 0 saturated carbocycles. The molecule has 0 spiro atoms. The molecule has 2 rings (SSSR count). The van der Waals surface area contributed by atoms with Gasteiger partial charge < -0.3 is 0 Å². The minimum absolute atomic E-state index is 0.386. The number of hydrogen-bond donors (Lipinski definition) is 0. The van der Waals surface area contributed by atoms with Gasteiger partial charge in [0, 0.05) is 0 Å². The molecule has 0 saturated heterocycles. The summed E-state index contributed by atoms with van der Waals surface area (Å²) >= 11 is 0. The summed E-state index contributed by atoms with van der Waals surface area (Å²) in [6.45, 7) is 1.82. The molecule has 0 fully saturated rings. The highest BCUT2D eigenvalue weighted by molar-refractivity contribution is 5.48. The lowest BCUT2D eigenvalue weighted by atomic mass is 10.4. The van der Waals surface area contributed by atoms with Gasteiger partial charge in [-0.2, -0.15) is 4.39 Å². The number of fused-ring (bicyclic) bond motifs is 1. The molecule has 2 aromatic heterocycles. The van der Waals surface area contributed by atoms with Crippen molar-refractivity contribution < 1.29 is 4.39 Å². The predicted octanol–water partition coefficient (Wildman–Crippen LogP) is 1.18. The van der Waals surface area contributed by atoms with Crippen molar-refractivity contribution in [2.75, 3.05) is 0 Å². The number of aromatic nitrogens is 3. The smallest absolute Gasteiger partial charge is 0.217 e. The first-order valence-corrected chi connectivity index (χ1v) is 3.22. The Balaban J connectivity index is 2.96. The largest absolute Gasteiger partial charge is 0.272 e. The predicted molar refractivity (Wildman–Crippen MR) is 37.7 cm³/mol. The van der Waals surface area contributed by atoms with Crippen molar-refractivity contribution in [3.05, 3.63) is 30.4 Å². The van der Waals surface area contributed by atoms with E-state index in [0.29, 0.717) is 5.52 Å². The summed E-state index contributed by atoms with van der Waals surface area (Å²) in [5, 5.41) is 0. The van der Waals surface area contributed by atoms with Gasteiger partial charge in [-0.3, -0.25) is 9.38 Å². The maximum atomic E-state index is 12.9. The van der Waals surface area contributed by atoms with Crippen molar-refractivity contribution in [2.24, 2.45) is 0 Å². The Kier molecular flexibility index (Phi) is 1.15. The molecule has 0 N–H and O–H groups in total. The zero-order valence-electron chi connectivity index (χ0n) is 5.95. The van der Waals surface area contributed by atoms with Crippen LogP contribution in [0.4, 0.5) is 4.39 Å². The van der Waals surface area contributed by atoms with Crippen LogP contribution in [0.25, 0.3) is 5.52 Å². The summed E-state index contributed by atoms with van der Waals surface area (Å²) < 4.78 is 14.2. The molecule has 3 nitrogen and oxygen atoms in total. The van der Waals surface area contributed by atoms with Crippen LogP contribution in [0.5, 0.6) is 0 Å². The van der Waals surface area contributed by atoms with Crippen molar-refractivity contribution in [1.29, 1.82) is 0 Å². The first kappa shape index (κ1) is 6.27. The normalized spacial score (nSPS) is 10.7. The SMILES string of the molecule is Cc1ncc(F)n2cncc12. The molecule has 0 amide bonds. The van der Waals surface area contributed by atoms with Crippen LogP contribution in [-0.2, 0) is 0 Å². The second-order valence-corrected chi connectivity index (χ2v) is 2.32. The summed E-state index contributed by atoms with van der Waals surface area (Å²) in [7, 11) is 0. The van der Waals surface area contributed by atoms with Gasteiger partial charge >= 0.3 is 0 Å². The van der Waals surface area contributed by atoms with E-state index in [1.54, 1.807) is 6.20 Å². The van der Waals surface area contributed by atoms with Gasteiger partial charge in [-0.25, -0.2) is 4.98 Å². The van der Waals surface area contributed by atoms with Crippen LogP contribution >= 0.6 is 0 Å². The van der Waals surface area contributed by atoms with Crippen LogP contribution < -0.4 is 0 Å².